The molecule has 0 bridgehead atoms. The Bertz CT molecular complexity index is 668. The molecule has 6 heteroatoms. The summed E-state index contributed by atoms with van der Waals surface area (Å²) in [6.07, 6.45) is 4.27. The number of hydrogen-bond donors (Lipinski definition) is 0. The lowest BCUT2D eigenvalue weighted by atomic mass is 10.1. The zero-order valence-corrected chi connectivity index (χ0v) is 13.2. The lowest BCUT2D eigenvalue weighted by Crippen LogP contribution is -2.47. The number of rotatable bonds is 3. The number of carbonyl (C=O) groups excluding carboxylic acids is 1. The molecule has 0 unspecified atom stereocenters. The van der Waals surface area contributed by atoms with Crippen molar-refractivity contribution in [1.82, 2.24) is 4.90 Å². The molecule has 1 aromatic carbocycles. The normalized spacial score (nSPS) is 24.5. The molecular weight excluding hydrogens is 305 g/mol. The first-order valence-corrected chi connectivity index (χ1v) is 9.58. The van der Waals surface area contributed by atoms with Crippen LogP contribution in [0, 0.1) is 5.82 Å². The Balaban J connectivity index is 1.92. The molecule has 2 aliphatic rings. The minimum Gasteiger partial charge on any atom is -0.332 e. The number of amides is 1. The third-order valence-electron chi connectivity index (χ3n) is 4.66. The summed E-state index contributed by atoms with van der Waals surface area (Å²) in [5, 5.41) is 0. The molecule has 1 atom stereocenters. The van der Waals surface area contributed by atoms with Gasteiger partial charge in [-0.25, -0.2) is 12.8 Å². The summed E-state index contributed by atoms with van der Waals surface area (Å²) < 4.78 is 37.5. The molecule has 4 nitrogen and oxygen atoms in total. The number of sulfone groups is 1. The van der Waals surface area contributed by atoms with Gasteiger partial charge in [-0.2, -0.15) is 0 Å². The van der Waals surface area contributed by atoms with Crippen molar-refractivity contribution < 1.29 is 17.6 Å². The summed E-state index contributed by atoms with van der Waals surface area (Å²) in [4.78, 5) is 14.5. The highest BCUT2D eigenvalue weighted by Crippen LogP contribution is 2.30. The van der Waals surface area contributed by atoms with Gasteiger partial charge in [-0.05, 0) is 31.4 Å². The lowest BCUT2D eigenvalue weighted by molar-refractivity contribution is 0.0596. The highest BCUT2D eigenvalue weighted by atomic mass is 32.2. The number of benzene rings is 1. The Morgan fingerprint density at radius 3 is 2.36 bits per heavy atom. The molecule has 1 heterocycles. The van der Waals surface area contributed by atoms with Gasteiger partial charge in [0.2, 0.25) is 0 Å². The van der Waals surface area contributed by atoms with E-state index in [0.29, 0.717) is 6.42 Å². The largest absolute Gasteiger partial charge is 0.332 e. The van der Waals surface area contributed by atoms with Crippen LogP contribution in [-0.2, 0) is 9.84 Å². The van der Waals surface area contributed by atoms with Crippen LogP contribution in [0.5, 0.6) is 0 Å². The highest BCUT2D eigenvalue weighted by molar-refractivity contribution is 7.91. The van der Waals surface area contributed by atoms with E-state index >= 15 is 0 Å². The molecule has 120 valence electrons. The topological polar surface area (TPSA) is 54.5 Å². The maximum atomic E-state index is 14.0. The fourth-order valence-electron chi connectivity index (χ4n) is 3.58. The highest BCUT2D eigenvalue weighted by Gasteiger charge is 2.39. The van der Waals surface area contributed by atoms with Crippen molar-refractivity contribution in [3.63, 3.8) is 0 Å². The minimum atomic E-state index is -3.08. The van der Waals surface area contributed by atoms with Crippen LogP contribution in [0.1, 0.15) is 42.5 Å². The van der Waals surface area contributed by atoms with Crippen LogP contribution >= 0.6 is 0 Å². The van der Waals surface area contributed by atoms with E-state index in [9.17, 15) is 17.6 Å². The van der Waals surface area contributed by atoms with Gasteiger partial charge >= 0.3 is 0 Å². The monoisotopic (exact) mass is 325 g/mol. The van der Waals surface area contributed by atoms with Gasteiger partial charge in [0.15, 0.2) is 9.84 Å². The second-order valence-corrected chi connectivity index (χ2v) is 8.42. The zero-order valence-electron chi connectivity index (χ0n) is 12.4. The van der Waals surface area contributed by atoms with E-state index in [1.807, 2.05) is 0 Å². The second kappa shape index (κ2) is 5.99. The molecule has 0 spiro atoms. The Kier molecular flexibility index (Phi) is 4.21. The zero-order chi connectivity index (χ0) is 15.7. The average molecular weight is 325 g/mol. The maximum Gasteiger partial charge on any atom is 0.257 e. The van der Waals surface area contributed by atoms with Crippen LogP contribution in [0.15, 0.2) is 24.3 Å². The van der Waals surface area contributed by atoms with Crippen molar-refractivity contribution >= 4 is 15.7 Å². The number of nitrogens with zero attached hydrogens (tertiary/aromatic N) is 1. The molecule has 1 saturated heterocycles. The summed E-state index contributed by atoms with van der Waals surface area (Å²) in [5.41, 5.74) is 0.0405. The van der Waals surface area contributed by atoms with Gasteiger partial charge in [0.05, 0.1) is 17.1 Å². The molecule has 1 saturated carbocycles. The van der Waals surface area contributed by atoms with Crippen LogP contribution in [0.4, 0.5) is 4.39 Å². The molecule has 0 N–H and O–H groups in total. The fourth-order valence-corrected chi connectivity index (χ4v) is 5.29. The summed E-state index contributed by atoms with van der Waals surface area (Å²) >= 11 is 0. The predicted octanol–water partition coefficient (Wildman–Crippen LogP) is 2.40. The molecule has 1 aliphatic heterocycles. The van der Waals surface area contributed by atoms with Gasteiger partial charge in [-0.1, -0.05) is 25.0 Å². The van der Waals surface area contributed by atoms with Crippen molar-refractivity contribution in [3.05, 3.63) is 35.6 Å². The molecule has 1 aliphatic carbocycles. The van der Waals surface area contributed by atoms with E-state index in [1.54, 1.807) is 17.0 Å². The number of carbonyl (C=O) groups is 1. The molecule has 1 aromatic rings. The molecule has 2 fully saturated rings. The Morgan fingerprint density at radius 2 is 1.77 bits per heavy atom. The van der Waals surface area contributed by atoms with Crippen LogP contribution in [0.25, 0.3) is 0 Å². The van der Waals surface area contributed by atoms with Crippen LogP contribution in [-0.4, -0.2) is 42.8 Å². The second-order valence-electron chi connectivity index (χ2n) is 6.19. The molecule has 22 heavy (non-hydrogen) atoms. The van der Waals surface area contributed by atoms with Crippen molar-refractivity contribution in [2.45, 2.75) is 44.2 Å². The van der Waals surface area contributed by atoms with Crippen molar-refractivity contribution in [3.8, 4) is 0 Å². The van der Waals surface area contributed by atoms with Gasteiger partial charge in [-0.3, -0.25) is 4.79 Å². The maximum absolute atomic E-state index is 14.0. The first kappa shape index (κ1) is 15.5. The van der Waals surface area contributed by atoms with Gasteiger partial charge in [0.25, 0.3) is 5.91 Å². The standard InChI is InChI=1S/C16H20FNO3S/c17-15-8-4-3-7-14(15)16(19)18(12-5-1-2-6-12)13-9-10-22(20,21)11-13/h3-4,7-8,12-13H,1-2,5-6,9-11H2/t13-/m1/s1. The first-order valence-electron chi connectivity index (χ1n) is 7.75. The van der Waals surface area contributed by atoms with Crippen molar-refractivity contribution in [2.75, 3.05) is 11.5 Å². The quantitative estimate of drug-likeness (QED) is 0.857. The predicted molar refractivity (Wildman–Crippen MR) is 81.9 cm³/mol. The van der Waals surface area contributed by atoms with Gasteiger partial charge in [0.1, 0.15) is 5.82 Å². The van der Waals surface area contributed by atoms with Crippen LogP contribution in [0.2, 0.25) is 0 Å². The lowest BCUT2D eigenvalue weighted by Gasteiger charge is -2.34. The first-order chi connectivity index (χ1) is 10.5. The third-order valence-corrected chi connectivity index (χ3v) is 6.41. The van der Waals surface area contributed by atoms with E-state index in [1.165, 1.54) is 12.1 Å². The van der Waals surface area contributed by atoms with Crippen LogP contribution in [0.3, 0.4) is 0 Å². The smallest absolute Gasteiger partial charge is 0.257 e. The fraction of sp³-hybridized carbons (Fsp3) is 0.562. The number of halogens is 1. The molecule has 3 rings (SSSR count). The Hall–Kier alpha value is -1.43. The van der Waals surface area contributed by atoms with E-state index < -0.39 is 15.7 Å². The minimum absolute atomic E-state index is 0.00366. The van der Waals surface area contributed by atoms with Crippen molar-refractivity contribution in [2.24, 2.45) is 0 Å². The SMILES string of the molecule is O=C(c1ccccc1F)N(C1CCCC1)[C@@H]1CCS(=O)(=O)C1. The Morgan fingerprint density at radius 1 is 1.09 bits per heavy atom. The van der Waals surface area contributed by atoms with Crippen molar-refractivity contribution in [1.29, 1.82) is 0 Å². The molecule has 1 amide bonds. The average Bonchev–Trinajstić information content (AvgIpc) is 3.10. The van der Waals surface area contributed by atoms with Gasteiger partial charge in [-0.15, -0.1) is 0 Å². The van der Waals surface area contributed by atoms with E-state index in [0.717, 1.165) is 25.7 Å². The van der Waals surface area contributed by atoms with E-state index in [-0.39, 0.29) is 35.1 Å². The number of hydrogen-bond acceptors (Lipinski definition) is 3. The van der Waals surface area contributed by atoms with E-state index in [4.69, 9.17) is 0 Å². The molecular formula is C16H20FNO3S. The van der Waals surface area contributed by atoms with E-state index in [2.05, 4.69) is 0 Å². The summed E-state index contributed by atoms with van der Waals surface area (Å²) in [6, 6.07) is 5.64. The Labute approximate surface area is 130 Å². The molecule has 0 radical (unpaired) electrons. The molecule has 0 aromatic heterocycles. The summed E-state index contributed by atoms with van der Waals surface area (Å²) in [6.45, 7) is 0. The van der Waals surface area contributed by atoms with Gasteiger partial charge < -0.3 is 4.90 Å². The summed E-state index contributed by atoms with van der Waals surface area (Å²) in [7, 11) is -3.08. The van der Waals surface area contributed by atoms with Crippen LogP contribution < -0.4 is 0 Å². The third kappa shape index (κ3) is 3.02. The summed E-state index contributed by atoms with van der Waals surface area (Å²) in [5.74, 6) is -0.793. The van der Waals surface area contributed by atoms with Gasteiger partial charge in [0, 0.05) is 12.1 Å².